The van der Waals surface area contributed by atoms with E-state index in [2.05, 4.69) is 148 Å². The van der Waals surface area contributed by atoms with Crippen LogP contribution in [0, 0.1) is 27.7 Å². The summed E-state index contributed by atoms with van der Waals surface area (Å²) in [7, 11) is 0. The van der Waals surface area contributed by atoms with Crippen molar-refractivity contribution >= 4 is 57.2 Å². The fourth-order valence-electron chi connectivity index (χ4n) is 6.65. The first-order valence-electron chi connectivity index (χ1n) is 14.4. The summed E-state index contributed by atoms with van der Waals surface area (Å²) in [6.45, 7) is 13.6. The summed E-state index contributed by atoms with van der Waals surface area (Å²) in [5, 5.41) is 0. The van der Waals surface area contributed by atoms with Crippen molar-refractivity contribution in [3.8, 4) is 0 Å². The van der Waals surface area contributed by atoms with Crippen molar-refractivity contribution in [3.63, 3.8) is 0 Å². The molecule has 7 rings (SSSR count). The first-order chi connectivity index (χ1) is 19.3. The Morgan fingerprint density at radius 3 is 1.38 bits per heavy atom. The number of anilines is 6. The summed E-state index contributed by atoms with van der Waals surface area (Å²) in [5.41, 5.74) is 18.1. The Balaban J connectivity index is 1.63. The van der Waals surface area contributed by atoms with Crippen molar-refractivity contribution in [1.82, 2.24) is 0 Å². The lowest BCUT2D eigenvalue weighted by Gasteiger charge is -2.45. The SMILES string of the molecule is Cc1cccc(N2c3cc(C)ccc3B3c4ccc(C)cc4N(c4cccc(C)c4)c4cc(C(C)C)cc2c43)c1. The van der Waals surface area contributed by atoms with Gasteiger partial charge >= 0.3 is 0 Å². The average Bonchev–Trinajstić information content (AvgIpc) is 2.92. The zero-order valence-electron chi connectivity index (χ0n) is 24.3. The van der Waals surface area contributed by atoms with Gasteiger partial charge in [-0.15, -0.1) is 0 Å². The molecule has 0 unspecified atom stereocenters. The summed E-state index contributed by atoms with van der Waals surface area (Å²) in [6, 6.07) is 36.9. The van der Waals surface area contributed by atoms with Gasteiger partial charge in [0.1, 0.15) is 0 Å². The van der Waals surface area contributed by atoms with Crippen molar-refractivity contribution in [2.24, 2.45) is 0 Å². The summed E-state index contributed by atoms with van der Waals surface area (Å²) < 4.78 is 0. The Labute approximate surface area is 239 Å². The van der Waals surface area contributed by atoms with Crippen molar-refractivity contribution in [1.29, 1.82) is 0 Å². The van der Waals surface area contributed by atoms with E-state index in [0.29, 0.717) is 5.92 Å². The Morgan fingerprint density at radius 2 is 0.950 bits per heavy atom. The van der Waals surface area contributed by atoms with Crippen LogP contribution in [-0.2, 0) is 0 Å². The lowest BCUT2D eigenvalue weighted by Crippen LogP contribution is -2.61. The molecule has 0 saturated carbocycles. The summed E-state index contributed by atoms with van der Waals surface area (Å²) in [4.78, 5) is 5.04. The van der Waals surface area contributed by atoms with Gasteiger partial charge in [0.15, 0.2) is 0 Å². The van der Waals surface area contributed by atoms with Crippen LogP contribution >= 0.6 is 0 Å². The van der Waals surface area contributed by atoms with Gasteiger partial charge in [0.2, 0.25) is 0 Å². The molecule has 2 heterocycles. The predicted molar refractivity (Wildman–Crippen MR) is 174 cm³/mol. The van der Waals surface area contributed by atoms with Gasteiger partial charge in [0, 0.05) is 34.1 Å². The highest BCUT2D eigenvalue weighted by Gasteiger charge is 2.43. The van der Waals surface area contributed by atoms with Crippen molar-refractivity contribution in [2.45, 2.75) is 47.5 Å². The molecule has 0 spiro atoms. The number of benzene rings is 5. The minimum absolute atomic E-state index is 0.166. The van der Waals surface area contributed by atoms with E-state index in [4.69, 9.17) is 0 Å². The van der Waals surface area contributed by atoms with Gasteiger partial charge in [-0.05, 0) is 126 Å². The van der Waals surface area contributed by atoms with Crippen molar-refractivity contribution in [3.05, 3.63) is 125 Å². The Morgan fingerprint density at radius 1 is 0.500 bits per heavy atom. The van der Waals surface area contributed by atoms with E-state index >= 15 is 0 Å². The van der Waals surface area contributed by atoms with Gasteiger partial charge in [0.25, 0.3) is 6.71 Å². The molecule has 0 amide bonds. The number of nitrogens with zero attached hydrogens (tertiary/aromatic N) is 2. The lowest BCUT2D eigenvalue weighted by molar-refractivity contribution is 0.866. The maximum absolute atomic E-state index is 2.52. The molecule has 0 bridgehead atoms. The van der Waals surface area contributed by atoms with Crippen LogP contribution in [0.25, 0.3) is 0 Å². The lowest BCUT2D eigenvalue weighted by atomic mass is 9.33. The number of hydrogen-bond acceptors (Lipinski definition) is 2. The predicted octanol–water partition coefficient (Wildman–Crippen LogP) is 8.13. The molecular weight excluding hydrogens is 483 g/mol. The zero-order chi connectivity index (χ0) is 27.7. The summed E-state index contributed by atoms with van der Waals surface area (Å²) in [6.07, 6.45) is 0. The molecule has 0 aliphatic carbocycles. The molecule has 0 aromatic heterocycles. The van der Waals surface area contributed by atoms with Crippen molar-refractivity contribution < 1.29 is 0 Å². The van der Waals surface area contributed by atoms with Gasteiger partial charge < -0.3 is 9.80 Å². The van der Waals surface area contributed by atoms with E-state index in [1.165, 1.54) is 78.3 Å². The Bertz CT molecular complexity index is 1680. The third-order valence-electron chi connectivity index (χ3n) is 8.59. The second kappa shape index (κ2) is 9.16. The topological polar surface area (TPSA) is 6.48 Å². The molecule has 0 N–H and O–H groups in total. The molecule has 0 radical (unpaired) electrons. The number of fused-ring (bicyclic) bond motifs is 4. The van der Waals surface area contributed by atoms with Gasteiger partial charge in [-0.3, -0.25) is 0 Å². The first kappa shape index (κ1) is 24.8. The maximum atomic E-state index is 2.52. The fraction of sp³-hybridized carbons (Fsp3) is 0.189. The van der Waals surface area contributed by atoms with Gasteiger partial charge in [-0.1, -0.05) is 62.4 Å². The highest BCUT2D eigenvalue weighted by Crippen LogP contribution is 2.45. The quantitative estimate of drug-likeness (QED) is 0.218. The van der Waals surface area contributed by atoms with E-state index in [-0.39, 0.29) is 6.71 Å². The van der Waals surface area contributed by atoms with E-state index < -0.39 is 0 Å². The number of hydrogen-bond donors (Lipinski definition) is 0. The normalized spacial score (nSPS) is 13.3. The Hall–Kier alpha value is -4.24. The minimum atomic E-state index is 0.166. The van der Waals surface area contributed by atoms with Crippen molar-refractivity contribution in [2.75, 3.05) is 9.80 Å². The highest BCUT2D eigenvalue weighted by molar-refractivity contribution is 7.00. The molecule has 2 aliphatic heterocycles. The van der Waals surface area contributed by atoms with Gasteiger partial charge in [-0.25, -0.2) is 0 Å². The summed E-state index contributed by atoms with van der Waals surface area (Å²) in [5.74, 6) is 0.400. The fourth-order valence-corrected chi connectivity index (χ4v) is 6.65. The van der Waals surface area contributed by atoms with Crippen LogP contribution in [0.5, 0.6) is 0 Å². The van der Waals surface area contributed by atoms with Crippen LogP contribution < -0.4 is 26.2 Å². The molecule has 0 saturated heterocycles. The molecule has 0 fully saturated rings. The molecule has 5 aromatic rings. The molecule has 2 nitrogen and oxygen atoms in total. The molecule has 3 heteroatoms. The van der Waals surface area contributed by atoms with E-state index in [1.807, 2.05) is 0 Å². The minimum Gasteiger partial charge on any atom is -0.311 e. The standard InChI is InChI=1S/C37H35BN2/c1-23(2)28-21-35-37-36(22-28)40(30-12-8-10-25(4)18-30)34-20-27(6)14-16-32(34)38(37)31-15-13-26(5)19-33(31)39(35)29-11-7-9-24(3)17-29/h7-23H,1-6H3. The molecule has 0 atom stereocenters. The van der Waals surface area contributed by atoms with Gasteiger partial charge in [0.05, 0.1) is 0 Å². The van der Waals surface area contributed by atoms with Crippen LogP contribution in [0.2, 0.25) is 0 Å². The van der Waals surface area contributed by atoms with Crippen LogP contribution in [0.1, 0.15) is 47.6 Å². The molecule has 40 heavy (non-hydrogen) atoms. The Kier molecular flexibility index (Phi) is 5.68. The largest absolute Gasteiger partial charge is 0.311 e. The zero-order valence-corrected chi connectivity index (χ0v) is 24.3. The van der Waals surface area contributed by atoms with Crippen LogP contribution in [-0.4, -0.2) is 6.71 Å². The maximum Gasteiger partial charge on any atom is 0.252 e. The third kappa shape index (κ3) is 3.79. The van der Waals surface area contributed by atoms with Gasteiger partial charge in [-0.2, -0.15) is 0 Å². The molecule has 196 valence electrons. The first-order valence-corrected chi connectivity index (χ1v) is 14.4. The molecule has 5 aromatic carbocycles. The van der Waals surface area contributed by atoms with Crippen LogP contribution in [0.15, 0.2) is 97.1 Å². The highest BCUT2D eigenvalue weighted by atomic mass is 15.2. The molecule has 2 aliphatic rings. The third-order valence-corrected chi connectivity index (χ3v) is 8.59. The average molecular weight is 519 g/mol. The monoisotopic (exact) mass is 518 g/mol. The van der Waals surface area contributed by atoms with E-state index in [0.717, 1.165) is 0 Å². The number of rotatable bonds is 3. The van der Waals surface area contributed by atoms with Crippen LogP contribution in [0.3, 0.4) is 0 Å². The number of aryl methyl sites for hydroxylation is 4. The second-order valence-corrected chi connectivity index (χ2v) is 12.0. The second-order valence-electron chi connectivity index (χ2n) is 12.0. The van der Waals surface area contributed by atoms with Crippen LogP contribution in [0.4, 0.5) is 34.1 Å². The smallest absolute Gasteiger partial charge is 0.252 e. The summed E-state index contributed by atoms with van der Waals surface area (Å²) >= 11 is 0. The van der Waals surface area contributed by atoms with E-state index in [9.17, 15) is 0 Å². The van der Waals surface area contributed by atoms with E-state index in [1.54, 1.807) is 0 Å². The molecular formula is C37H35BN2.